The molecule has 15 heteroatoms. The number of rotatable bonds is 6. The fraction of sp³-hybridized carbons (Fsp3) is 1.00. The van der Waals surface area contributed by atoms with Crippen molar-refractivity contribution in [2.45, 2.75) is 48.5 Å². The van der Waals surface area contributed by atoms with Gasteiger partial charge in [0.1, 0.15) is 0 Å². The van der Waals surface area contributed by atoms with Gasteiger partial charge in [0.15, 0.2) is 0 Å². The Balaban J connectivity index is 0.000000823. The maximum absolute atomic E-state index is 12.8. The smallest absolute Gasteiger partial charge is 0.326 e. The lowest BCUT2D eigenvalue weighted by atomic mass is 10.1. The molecule has 1 fully saturated rings. The molecule has 0 aliphatic carbocycles. The molecule has 31 heavy (non-hydrogen) atoms. The van der Waals surface area contributed by atoms with Gasteiger partial charge in [0, 0.05) is 7.11 Å². The summed E-state index contributed by atoms with van der Waals surface area (Å²) in [6.45, 7) is 6.72. The van der Waals surface area contributed by atoms with Gasteiger partial charge in [-0.3, -0.25) is 4.48 Å². The van der Waals surface area contributed by atoms with Crippen LogP contribution in [0, 0.1) is 0 Å². The molecule has 0 aromatic heterocycles. The van der Waals surface area contributed by atoms with Crippen LogP contribution in [0.5, 0.6) is 0 Å². The number of nitrogens with zero attached hydrogens (tertiary/aromatic N) is 2. The summed E-state index contributed by atoms with van der Waals surface area (Å²) in [7, 11) is -10.2. The molecule has 1 saturated heterocycles. The minimum absolute atomic E-state index is 0.155. The highest BCUT2D eigenvalue weighted by Gasteiger charge is 2.81. The van der Waals surface area contributed by atoms with E-state index in [-0.39, 0.29) is 7.11 Å². The van der Waals surface area contributed by atoms with E-state index in [0.717, 1.165) is 6.92 Å². The predicted molar refractivity (Wildman–Crippen MR) is 103 cm³/mol. The monoisotopic (exact) mass is 510 g/mol. The van der Waals surface area contributed by atoms with E-state index in [9.17, 15) is 43.2 Å². The summed E-state index contributed by atoms with van der Waals surface area (Å²) < 4.78 is 122. The second kappa shape index (κ2) is 9.69. The molecule has 0 radical (unpaired) electrons. The van der Waals surface area contributed by atoms with E-state index in [0.29, 0.717) is 14.1 Å². The minimum atomic E-state index is -6.92. The summed E-state index contributed by atoms with van der Waals surface area (Å²) in [5.41, 5.74) is -12.6. The third kappa shape index (κ3) is 5.47. The maximum atomic E-state index is 12.8. The van der Waals surface area contributed by atoms with Crippen LogP contribution in [0.4, 0.5) is 26.3 Å². The Morgan fingerprint density at radius 2 is 1.19 bits per heavy atom. The second-order valence-corrected chi connectivity index (χ2v) is 12.4. The molecule has 0 saturated carbocycles. The van der Waals surface area contributed by atoms with Crippen molar-refractivity contribution in [3.63, 3.8) is 0 Å². The Kier molecular flexibility index (Phi) is 9.49. The van der Waals surface area contributed by atoms with Crippen molar-refractivity contribution in [1.29, 1.82) is 0 Å². The number of alkyl halides is 6. The van der Waals surface area contributed by atoms with E-state index in [1.807, 2.05) is 0 Å². The van der Waals surface area contributed by atoms with E-state index in [2.05, 4.69) is 18.7 Å². The molecule has 0 aromatic rings. The summed E-state index contributed by atoms with van der Waals surface area (Å²) in [6.07, 6.45) is 4.36. The van der Waals surface area contributed by atoms with Crippen LogP contribution in [0.15, 0.2) is 0 Å². The quantitative estimate of drug-likeness (QED) is 0.312. The summed E-state index contributed by atoms with van der Waals surface area (Å²) in [6, 6.07) is 0. The van der Waals surface area contributed by atoms with Gasteiger partial charge in [-0.25, -0.2) is 16.8 Å². The Labute approximate surface area is 180 Å². The lowest BCUT2D eigenvalue weighted by molar-refractivity contribution is -0.931. The summed E-state index contributed by atoms with van der Waals surface area (Å²) in [4.78, 5) is 0. The number of likely N-dealkylation sites (tertiary alicyclic amines) is 1. The van der Waals surface area contributed by atoms with Crippen LogP contribution in [0.3, 0.4) is 0 Å². The fourth-order valence-corrected chi connectivity index (χ4v) is 7.65. The van der Waals surface area contributed by atoms with Crippen LogP contribution >= 0.6 is 0 Å². The van der Waals surface area contributed by atoms with E-state index in [4.69, 9.17) is 0 Å². The molecular formula is C16H32F6N2O5S2+2. The number of methoxy groups -OCH3 is 1. The molecule has 0 aromatic carbocycles. The first-order valence-electron chi connectivity index (χ1n) is 9.47. The van der Waals surface area contributed by atoms with Crippen molar-refractivity contribution < 1.29 is 56.9 Å². The van der Waals surface area contributed by atoms with Gasteiger partial charge in [-0.15, -0.1) is 0 Å². The van der Waals surface area contributed by atoms with Crippen molar-refractivity contribution in [3.05, 3.63) is 0 Å². The lowest BCUT2D eigenvalue weighted by Crippen LogP contribution is -2.73. The number of sulfone groups is 2. The van der Waals surface area contributed by atoms with Crippen molar-refractivity contribution in [1.82, 2.24) is 0 Å². The average molecular weight is 511 g/mol. The number of halogens is 6. The van der Waals surface area contributed by atoms with Crippen LogP contribution in [0.1, 0.15) is 33.1 Å². The largest absolute Gasteiger partial charge is 0.507 e. The molecule has 0 bridgehead atoms. The lowest BCUT2D eigenvalue weighted by Gasteiger charge is -2.44. The molecule has 0 atom stereocenters. The molecule has 0 spiro atoms. The molecule has 0 amide bonds. The van der Waals surface area contributed by atoms with Crippen LogP contribution in [0.25, 0.3) is 0 Å². The highest BCUT2D eigenvalue weighted by Crippen LogP contribution is 2.47. The minimum Gasteiger partial charge on any atom is -0.326 e. The highest BCUT2D eigenvalue weighted by molar-refractivity contribution is 8.10. The van der Waals surface area contributed by atoms with E-state index < -0.39 is 46.1 Å². The van der Waals surface area contributed by atoms with Gasteiger partial charge in [-0.05, 0) is 33.1 Å². The first kappa shape index (κ1) is 30.4. The molecule has 0 N–H and O–H groups in total. The number of ether oxygens (including phenoxy) is 1. The topological polar surface area (TPSA) is 77.5 Å². The van der Waals surface area contributed by atoms with Gasteiger partial charge in [-0.2, -0.15) is 26.3 Å². The molecule has 1 aliphatic rings. The van der Waals surface area contributed by atoms with Gasteiger partial charge in [0.05, 0.1) is 47.3 Å². The highest BCUT2D eigenvalue weighted by atomic mass is 32.3. The summed E-state index contributed by atoms with van der Waals surface area (Å²) in [5.74, 6) is 0. The number of hydrogen-bond acceptors (Lipinski definition) is 5. The first-order chi connectivity index (χ1) is 13.6. The summed E-state index contributed by atoms with van der Waals surface area (Å²) in [5, 5.41) is 0. The molecule has 0 unspecified atom stereocenters. The van der Waals surface area contributed by atoms with Crippen molar-refractivity contribution in [3.8, 4) is 0 Å². The Morgan fingerprint density at radius 1 is 0.839 bits per heavy atom. The Hall–Kier alpha value is -0.640. The van der Waals surface area contributed by atoms with Crippen molar-refractivity contribution >= 4 is 19.7 Å². The van der Waals surface area contributed by atoms with E-state index in [1.165, 1.54) is 43.4 Å². The number of piperidine rings is 1. The van der Waals surface area contributed by atoms with Crippen LogP contribution < -0.4 is 0 Å². The molecule has 1 rings (SSSR count). The molecule has 1 aliphatic heterocycles. The normalized spacial score (nSPS) is 18.8. The van der Waals surface area contributed by atoms with Gasteiger partial charge in [0.2, 0.25) is 0 Å². The van der Waals surface area contributed by atoms with Gasteiger partial charge in [0.25, 0.3) is 0 Å². The van der Waals surface area contributed by atoms with Gasteiger partial charge < -0.3 is 9.22 Å². The second-order valence-electron chi connectivity index (χ2n) is 8.07. The standard InChI is InChI=1S/C8H14F6NO5S2.C8H18N/c1-5-15(2,3)8(20-4,21(16,17)6(9,10)11)22(18,19)7(12,13)14;1-3-9(2)7-5-4-6-8-9/h5H2,1-4H3;3-8H2,1-2H3/q2*+1. The van der Waals surface area contributed by atoms with E-state index in [1.54, 1.807) is 0 Å². The zero-order valence-electron chi connectivity index (χ0n) is 18.5. The predicted octanol–water partition coefficient (Wildman–Crippen LogP) is 2.85. The van der Waals surface area contributed by atoms with Gasteiger partial charge in [-0.1, -0.05) is 0 Å². The molecular weight excluding hydrogens is 478 g/mol. The SMILES string of the molecule is CC[N+](C)(C)C(OC)(S(=O)(=O)C(F)(F)F)S(=O)(=O)C(F)(F)F.CC[N+]1(C)CCCCC1. The zero-order chi connectivity index (χ0) is 25.2. The molecule has 7 nitrogen and oxygen atoms in total. The first-order valence-corrected chi connectivity index (χ1v) is 12.4. The molecule has 1 heterocycles. The Morgan fingerprint density at radius 3 is 1.39 bits per heavy atom. The zero-order valence-corrected chi connectivity index (χ0v) is 20.1. The average Bonchev–Trinajstić information content (AvgIpc) is 2.61. The third-order valence-corrected chi connectivity index (χ3v) is 11.0. The third-order valence-electron chi connectivity index (χ3n) is 5.74. The number of hydrogen-bond donors (Lipinski definition) is 0. The van der Waals surface area contributed by atoms with Crippen LogP contribution in [-0.4, -0.2) is 95.6 Å². The van der Waals surface area contributed by atoms with Crippen molar-refractivity contribution in [2.24, 2.45) is 0 Å². The molecule has 188 valence electrons. The van der Waals surface area contributed by atoms with Crippen molar-refractivity contribution in [2.75, 3.05) is 54.4 Å². The number of quaternary nitrogens is 2. The van der Waals surface area contributed by atoms with E-state index >= 15 is 0 Å². The van der Waals surface area contributed by atoms with Gasteiger partial charge >= 0.3 is 35.1 Å². The fourth-order valence-electron chi connectivity index (χ4n) is 3.34. The maximum Gasteiger partial charge on any atom is 0.507 e. The summed E-state index contributed by atoms with van der Waals surface area (Å²) >= 11 is 0. The van der Waals surface area contributed by atoms with Crippen LogP contribution in [-0.2, 0) is 24.4 Å². The van der Waals surface area contributed by atoms with Crippen LogP contribution in [0.2, 0.25) is 0 Å². The Bertz CT molecular complexity index is 757.